The number of para-hydroxylation sites is 1. The first-order valence-electron chi connectivity index (χ1n) is 11.2. The Morgan fingerprint density at radius 1 is 1.00 bits per heavy atom. The lowest BCUT2D eigenvalue weighted by Gasteiger charge is -2.12. The number of aromatic nitrogens is 5. The Morgan fingerprint density at radius 3 is 2.42 bits per heavy atom. The van der Waals surface area contributed by atoms with Crippen LogP contribution in [0.3, 0.4) is 0 Å². The van der Waals surface area contributed by atoms with Gasteiger partial charge in [0, 0.05) is 17.5 Å². The van der Waals surface area contributed by atoms with E-state index in [1.54, 1.807) is 44.2 Å². The van der Waals surface area contributed by atoms with Gasteiger partial charge in [-0.25, -0.2) is 14.8 Å². The Kier molecular flexibility index (Phi) is 7.09. The average Bonchev–Trinajstić information content (AvgIpc) is 3.36. The largest absolute Gasteiger partial charge is 0.488 e. The van der Waals surface area contributed by atoms with E-state index in [4.69, 9.17) is 14.0 Å². The lowest BCUT2D eigenvalue weighted by atomic mass is 10.2. The fourth-order valence-corrected chi connectivity index (χ4v) is 3.55. The molecule has 0 saturated heterocycles. The van der Waals surface area contributed by atoms with E-state index in [0.717, 1.165) is 17.0 Å². The summed E-state index contributed by atoms with van der Waals surface area (Å²) in [6.07, 6.45) is 0. The molecule has 11 heteroatoms. The van der Waals surface area contributed by atoms with E-state index >= 15 is 0 Å². The lowest BCUT2D eigenvalue weighted by molar-refractivity contribution is -0.119. The summed E-state index contributed by atoms with van der Waals surface area (Å²) in [6.45, 7) is 8.76. The van der Waals surface area contributed by atoms with Crippen molar-refractivity contribution in [3.63, 3.8) is 0 Å². The van der Waals surface area contributed by atoms with Crippen LogP contribution >= 0.6 is 0 Å². The molecular weight excluding hydrogens is 464 g/mol. The molecule has 11 nitrogen and oxygen atoms in total. The molecule has 0 saturated carbocycles. The van der Waals surface area contributed by atoms with Gasteiger partial charge in [0.25, 0.3) is 11.9 Å². The molecule has 1 aromatic carbocycles. The van der Waals surface area contributed by atoms with E-state index in [0.29, 0.717) is 34.7 Å². The molecule has 0 spiro atoms. The van der Waals surface area contributed by atoms with Crippen LogP contribution in [0.2, 0.25) is 0 Å². The summed E-state index contributed by atoms with van der Waals surface area (Å²) in [5.74, 6) is 0.428. The number of ether oxygens (including phenoxy) is 2. The summed E-state index contributed by atoms with van der Waals surface area (Å²) in [7, 11) is 0. The number of benzene rings is 1. The Morgan fingerprint density at radius 2 is 1.72 bits per heavy atom. The van der Waals surface area contributed by atoms with E-state index in [9.17, 15) is 9.59 Å². The van der Waals surface area contributed by atoms with E-state index < -0.39 is 18.5 Å². The number of esters is 1. The van der Waals surface area contributed by atoms with Gasteiger partial charge in [0.05, 0.1) is 17.0 Å². The van der Waals surface area contributed by atoms with Crippen molar-refractivity contribution in [1.29, 1.82) is 0 Å². The second-order valence-electron chi connectivity index (χ2n) is 8.25. The predicted octanol–water partition coefficient (Wildman–Crippen LogP) is 3.57. The highest BCUT2D eigenvalue weighted by atomic mass is 16.5. The van der Waals surface area contributed by atoms with Crippen LogP contribution in [0.15, 0.2) is 40.9 Å². The molecule has 0 bridgehead atoms. The number of nitrogens with zero attached hydrogens (tertiary/aromatic N) is 5. The Bertz CT molecular complexity index is 1380. The maximum absolute atomic E-state index is 12.7. The first kappa shape index (κ1) is 24.6. The number of aryl methyl sites for hydroxylation is 5. The average molecular weight is 491 g/mol. The highest BCUT2D eigenvalue weighted by Gasteiger charge is 2.19. The zero-order valence-corrected chi connectivity index (χ0v) is 20.7. The number of rotatable bonds is 8. The van der Waals surface area contributed by atoms with Crippen molar-refractivity contribution >= 4 is 17.7 Å². The summed E-state index contributed by atoms with van der Waals surface area (Å²) < 4.78 is 17.7. The number of hydrogen-bond acceptors (Lipinski definition) is 9. The topological polar surface area (TPSA) is 134 Å². The van der Waals surface area contributed by atoms with Gasteiger partial charge in [-0.1, -0.05) is 17.3 Å². The molecule has 186 valence electrons. The number of nitrogens with one attached hydrogen (secondary N) is 1. The van der Waals surface area contributed by atoms with E-state index in [1.807, 2.05) is 26.8 Å². The van der Waals surface area contributed by atoms with Crippen molar-refractivity contribution in [3.05, 3.63) is 76.1 Å². The van der Waals surface area contributed by atoms with Crippen LogP contribution < -0.4 is 10.1 Å². The number of carbonyl (C=O) groups excluding carboxylic acids is 2. The molecule has 3 aromatic heterocycles. The van der Waals surface area contributed by atoms with E-state index in [1.165, 1.54) is 4.68 Å². The zero-order chi connectivity index (χ0) is 25.8. The van der Waals surface area contributed by atoms with Crippen molar-refractivity contribution < 1.29 is 23.6 Å². The van der Waals surface area contributed by atoms with Gasteiger partial charge in [-0.3, -0.25) is 4.79 Å². The van der Waals surface area contributed by atoms with Gasteiger partial charge in [0.2, 0.25) is 0 Å². The molecule has 0 aliphatic carbocycles. The molecule has 3 heterocycles. The third-order valence-corrected chi connectivity index (χ3v) is 5.25. The van der Waals surface area contributed by atoms with Crippen molar-refractivity contribution in [3.8, 4) is 11.7 Å². The lowest BCUT2D eigenvalue weighted by Crippen LogP contribution is -2.23. The van der Waals surface area contributed by atoms with Crippen molar-refractivity contribution in [2.45, 2.75) is 41.2 Å². The Hall–Kier alpha value is -4.54. The van der Waals surface area contributed by atoms with Crippen molar-refractivity contribution in [2.75, 3.05) is 11.9 Å². The monoisotopic (exact) mass is 490 g/mol. The second-order valence-corrected chi connectivity index (χ2v) is 8.25. The minimum atomic E-state index is -0.693. The van der Waals surface area contributed by atoms with Gasteiger partial charge in [0.1, 0.15) is 29.5 Å². The van der Waals surface area contributed by atoms with Gasteiger partial charge in [-0.2, -0.15) is 9.78 Å². The number of carbonyl (C=O) groups is 2. The Balaban J connectivity index is 1.41. The smallest absolute Gasteiger partial charge is 0.342 e. The normalized spacial score (nSPS) is 10.8. The minimum Gasteiger partial charge on any atom is -0.488 e. The highest BCUT2D eigenvalue weighted by Crippen LogP contribution is 2.22. The molecule has 0 unspecified atom stereocenters. The van der Waals surface area contributed by atoms with Crippen LogP contribution in [-0.4, -0.2) is 43.4 Å². The van der Waals surface area contributed by atoms with Crippen LogP contribution in [0.5, 0.6) is 5.75 Å². The summed E-state index contributed by atoms with van der Waals surface area (Å²) in [6, 6.07) is 10.2. The predicted molar refractivity (Wildman–Crippen MR) is 129 cm³/mol. The summed E-state index contributed by atoms with van der Waals surface area (Å²) in [5.41, 5.74) is 3.91. The fraction of sp³-hybridized carbons (Fsp3) is 0.280. The SMILES string of the molecule is Cc1cc(C)nc(-n2nc(C)cc2NC(=O)COC(=O)c2ccccc2OCc2c(C)noc2C)n1. The quantitative estimate of drug-likeness (QED) is 0.368. The molecule has 0 aliphatic heterocycles. The molecule has 4 rings (SSSR count). The van der Waals surface area contributed by atoms with Gasteiger partial charge in [-0.15, -0.1) is 0 Å². The van der Waals surface area contributed by atoms with Crippen LogP contribution in [0.25, 0.3) is 5.95 Å². The first-order valence-corrected chi connectivity index (χ1v) is 11.2. The molecule has 0 radical (unpaired) electrons. The molecule has 0 fully saturated rings. The molecule has 0 aliphatic rings. The van der Waals surface area contributed by atoms with Crippen LogP contribution in [-0.2, 0) is 16.1 Å². The van der Waals surface area contributed by atoms with Crippen LogP contribution in [0.4, 0.5) is 5.82 Å². The van der Waals surface area contributed by atoms with Gasteiger partial charge >= 0.3 is 5.97 Å². The first-order chi connectivity index (χ1) is 17.2. The summed E-state index contributed by atoms with van der Waals surface area (Å²) >= 11 is 0. The Labute approximate surface area is 207 Å². The molecule has 1 N–H and O–H groups in total. The van der Waals surface area contributed by atoms with Crippen molar-refractivity contribution in [2.24, 2.45) is 0 Å². The highest BCUT2D eigenvalue weighted by molar-refractivity contribution is 5.96. The van der Waals surface area contributed by atoms with Crippen LogP contribution in [0.1, 0.15) is 44.5 Å². The van der Waals surface area contributed by atoms with Crippen LogP contribution in [0, 0.1) is 34.6 Å². The molecular formula is C25H26N6O5. The molecule has 36 heavy (non-hydrogen) atoms. The molecule has 1 amide bonds. The van der Waals surface area contributed by atoms with Gasteiger partial charge in [0.15, 0.2) is 6.61 Å². The zero-order valence-electron chi connectivity index (χ0n) is 20.7. The van der Waals surface area contributed by atoms with Gasteiger partial charge < -0.3 is 19.3 Å². The summed E-state index contributed by atoms with van der Waals surface area (Å²) in [5, 5.41) is 11.0. The fourth-order valence-electron chi connectivity index (χ4n) is 3.55. The number of anilines is 1. The number of hydrogen-bond donors (Lipinski definition) is 1. The number of amides is 1. The maximum atomic E-state index is 12.7. The van der Waals surface area contributed by atoms with E-state index in [2.05, 4.69) is 25.5 Å². The summed E-state index contributed by atoms with van der Waals surface area (Å²) in [4.78, 5) is 34.1. The van der Waals surface area contributed by atoms with E-state index in [-0.39, 0.29) is 12.2 Å². The third-order valence-electron chi connectivity index (χ3n) is 5.25. The van der Waals surface area contributed by atoms with Gasteiger partial charge in [-0.05, 0) is 52.8 Å². The second kappa shape index (κ2) is 10.4. The molecule has 0 atom stereocenters. The molecule has 4 aromatic rings. The third kappa shape index (κ3) is 5.57. The maximum Gasteiger partial charge on any atom is 0.342 e. The van der Waals surface area contributed by atoms with Crippen molar-refractivity contribution in [1.82, 2.24) is 24.9 Å². The standard InChI is InChI=1S/C25H26N6O5/c1-14-10-15(2)27-25(26-14)31-22(11-16(3)29-31)28-23(32)13-35-24(33)19-8-6-7-9-21(19)34-12-20-17(4)30-36-18(20)5/h6-11H,12-13H2,1-5H3,(H,28,32). The minimum absolute atomic E-state index is 0.176.